The normalized spacial score (nSPS) is 11.1. The zero-order chi connectivity index (χ0) is 21.0. The number of nitrogens with zero attached hydrogens (tertiary/aromatic N) is 3. The molecule has 1 aromatic carbocycles. The number of rotatable bonds is 7. The number of esters is 1. The van der Waals surface area contributed by atoms with Gasteiger partial charge in [-0.3, -0.25) is 9.59 Å². The first-order chi connectivity index (χ1) is 13.9. The molecular formula is C22H25N3O4. The van der Waals surface area contributed by atoms with Crippen molar-refractivity contribution in [3.63, 3.8) is 0 Å². The number of benzene rings is 1. The van der Waals surface area contributed by atoms with Crippen LogP contribution < -0.4 is 0 Å². The summed E-state index contributed by atoms with van der Waals surface area (Å²) in [5, 5.41) is 4.60. The molecule has 0 aliphatic carbocycles. The minimum absolute atomic E-state index is 0.136. The van der Waals surface area contributed by atoms with Crippen molar-refractivity contribution in [1.82, 2.24) is 15.0 Å². The summed E-state index contributed by atoms with van der Waals surface area (Å²) in [5.74, 6) is -0.290. The van der Waals surface area contributed by atoms with E-state index in [0.717, 1.165) is 5.56 Å². The lowest BCUT2D eigenvalue weighted by atomic mass is 10.0. The Hall–Kier alpha value is -3.22. The van der Waals surface area contributed by atoms with Crippen LogP contribution in [0, 0.1) is 12.8 Å². The topological polar surface area (TPSA) is 85.5 Å². The van der Waals surface area contributed by atoms with Gasteiger partial charge >= 0.3 is 5.97 Å². The zero-order valence-corrected chi connectivity index (χ0v) is 17.1. The van der Waals surface area contributed by atoms with Gasteiger partial charge in [0.2, 0.25) is 0 Å². The second kappa shape index (κ2) is 8.86. The van der Waals surface area contributed by atoms with Crippen LogP contribution in [-0.2, 0) is 9.53 Å². The van der Waals surface area contributed by atoms with Crippen LogP contribution in [0.4, 0.5) is 0 Å². The Balaban J connectivity index is 2.06. The highest BCUT2D eigenvalue weighted by atomic mass is 16.5. The third kappa shape index (κ3) is 4.62. The van der Waals surface area contributed by atoms with Gasteiger partial charge in [-0.1, -0.05) is 49.3 Å². The molecule has 152 valence electrons. The molecule has 0 aliphatic heterocycles. The highest BCUT2D eigenvalue weighted by molar-refractivity contribution is 6.07. The lowest BCUT2D eigenvalue weighted by Crippen LogP contribution is -2.36. The molecule has 0 fully saturated rings. The molecule has 0 N–H and O–H groups in total. The van der Waals surface area contributed by atoms with E-state index in [1.54, 1.807) is 17.9 Å². The van der Waals surface area contributed by atoms with Gasteiger partial charge in [0.1, 0.15) is 0 Å². The average Bonchev–Trinajstić information content (AvgIpc) is 3.11. The molecule has 7 heteroatoms. The van der Waals surface area contributed by atoms with Gasteiger partial charge < -0.3 is 14.2 Å². The Bertz CT molecular complexity index is 1010. The minimum Gasteiger partial charge on any atom is -0.469 e. The Morgan fingerprint density at radius 3 is 2.59 bits per heavy atom. The van der Waals surface area contributed by atoms with Crippen LogP contribution in [0.5, 0.6) is 0 Å². The smallest absolute Gasteiger partial charge is 0.307 e. The van der Waals surface area contributed by atoms with E-state index in [9.17, 15) is 9.59 Å². The van der Waals surface area contributed by atoms with Gasteiger partial charge in [0.05, 0.1) is 35.9 Å². The van der Waals surface area contributed by atoms with Crippen LogP contribution in [0.3, 0.4) is 0 Å². The van der Waals surface area contributed by atoms with E-state index in [2.05, 4.69) is 10.1 Å². The molecule has 3 aromatic rings. The summed E-state index contributed by atoms with van der Waals surface area (Å²) in [7, 11) is 1.34. The molecule has 0 aliphatic rings. The lowest BCUT2D eigenvalue weighted by Gasteiger charge is -2.24. The molecule has 3 rings (SSSR count). The summed E-state index contributed by atoms with van der Waals surface area (Å²) in [6, 6.07) is 11.4. The fraction of sp³-hybridized carbons (Fsp3) is 0.364. The number of aromatic nitrogens is 2. The second-order valence-corrected chi connectivity index (χ2v) is 7.34. The first kappa shape index (κ1) is 20.5. The van der Waals surface area contributed by atoms with E-state index >= 15 is 0 Å². The molecule has 0 radical (unpaired) electrons. The van der Waals surface area contributed by atoms with Crippen molar-refractivity contribution in [2.75, 3.05) is 20.2 Å². The second-order valence-electron chi connectivity index (χ2n) is 7.34. The van der Waals surface area contributed by atoms with Gasteiger partial charge in [-0.15, -0.1) is 0 Å². The maximum atomic E-state index is 13.5. The van der Waals surface area contributed by atoms with Crippen LogP contribution in [-0.4, -0.2) is 47.1 Å². The van der Waals surface area contributed by atoms with Gasteiger partial charge in [0.25, 0.3) is 11.6 Å². The predicted molar refractivity (Wildman–Crippen MR) is 109 cm³/mol. The molecule has 0 spiro atoms. The van der Waals surface area contributed by atoms with E-state index in [1.165, 1.54) is 7.11 Å². The summed E-state index contributed by atoms with van der Waals surface area (Å²) in [6.07, 6.45) is 0.136. The largest absolute Gasteiger partial charge is 0.469 e. The summed E-state index contributed by atoms with van der Waals surface area (Å²) in [4.78, 5) is 31.4. The molecule has 0 saturated carbocycles. The molecule has 29 heavy (non-hydrogen) atoms. The maximum Gasteiger partial charge on any atom is 0.307 e. The highest BCUT2D eigenvalue weighted by Crippen LogP contribution is 2.28. The number of methoxy groups -OCH3 is 1. The number of aryl methyl sites for hydroxylation is 1. The third-order valence-electron chi connectivity index (χ3n) is 4.60. The number of amides is 1. The quantitative estimate of drug-likeness (QED) is 0.565. The molecule has 0 unspecified atom stereocenters. The van der Waals surface area contributed by atoms with E-state index in [1.807, 2.05) is 44.2 Å². The van der Waals surface area contributed by atoms with E-state index in [-0.39, 0.29) is 30.8 Å². The van der Waals surface area contributed by atoms with E-state index < -0.39 is 0 Å². The van der Waals surface area contributed by atoms with E-state index in [4.69, 9.17) is 9.26 Å². The molecule has 7 nitrogen and oxygen atoms in total. The van der Waals surface area contributed by atoms with Crippen molar-refractivity contribution in [1.29, 1.82) is 0 Å². The van der Waals surface area contributed by atoms with Gasteiger partial charge in [-0.05, 0) is 18.9 Å². The van der Waals surface area contributed by atoms with Crippen LogP contribution in [0.15, 0.2) is 40.9 Å². The van der Waals surface area contributed by atoms with E-state index in [0.29, 0.717) is 34.6 Å². The molecule has 0 atom stereocenters. The molecule has 1 amide bonds. The third-order valence-corrected chi connectivity index (χ3v) is 4.60. The van der Waals surface area contributed by atoms with Crippen LogP contribution in [0.1, 0.15) is 36.3 Å². The standard InChI is InChI=1S/C22H25N3O4/c1-14(2)13-25(11-10-19(26)28-4)22(27)17-12-18(16-8-6-5-7-9-16)23-21-20(17)15(3)24-29-21/h5-9,12,14H,10-11,13H2,1-4H3. The predicted octanol–water partition coefficient (Wildman–Crippen LogP) is 3.86. The Kier molecular flexibility index (Phi) is 6.26. The maximum absolute atomic E-state index is 13.5. The van der Waals surface area contributed by atoms with Crippen LogP contribution in [0.25, 0.3) is 22.4 Å². The first-order valence-electron chi connectivity index (χ1n) is 9.59. The average molecular weight is 395 g/mol. The number of fused-ring (bicyclic) bond motifs is 1. The van der Waals surface area contributed by atoms with Crippen molar-refractivity contribution in [2.24, 2.45) is 5.92 Å². The number of ether oxygens (including phenoxy) is 1. The Morgan fingerprint density at radius 1 is 1.21 bits per heavy atom. The number of pyridine rings is 1. The molecule has 0 bridgehead atoms. The number of carbonyl (C=O) groups is 2. The number of carbonyl (C=O) groups excluding carboxylic acids is 2. The Labute approximate surface area is 169 Å². The van der Waals surface area contributed by atoms with Crippen LogP contribution >= 0.6 is 0 Å². The summed E-state index contributed by atoms with van der Waals surface area (Å²) in [5.41, 5.74) is 2.91. The van der Waals surface area contributed by atoms with Crippen molar-refractivity contribution < 1.29 is 18.8 Å². The van der Waals surface area contributed by atoms with Crippen molar-refractivity contribution >= 4 is 23.0 Å². The summed E-state index contributed by atoms with van der Waals surface area (Å²) < 4.78 is 10.1. The van der Waals surface area contributed by atoms with Crippen LogP contribution in [0.2, 0.25) is 0 Å². The van der Waals surface area contributed by atoms with Gasteiger partial charge in [0, 0.05) is 18.7 Å². The van der Waals surface area contributed by atoms with Crippen molar-refractivity contribution in [3.05, 3.63) is 47.7 Å². The summed E-state index contributed by atoms with van der Waals surface area (Å²) in [6.45, 7) is 6.64. The molecule has 0 saturated heterocycles. The highest BCUT2D eigenvalue weighted by Gasteiger charge is 2.24. The SMILES string of the molecule is COC(=O)CCN(CC(C)C)C(=O)c1cc(-c2ccccc2)nc2onc(C)c12. The first-order valence-corrected chi connectivity index (χ1v) is 9.59. The fourth-order valence-corrected chi connectivity index (χ4v) is 3.24. The fourth-order valence-electron chi connectivity index (χ4n) is 3.24. The van der Waals surface area contributed by atoms with Crippen molar-refractivity contribution in [2.45, 2.75) is 27.2 Å². The monoisotopic (exact) mass is 395 g/mol. The van der Waals surface area contributed by atoms with Gasteiger partial charge in [-0.2, -0.15) is 0 Å². The zero-order valence-electron chi connectivity index (χ0n) is 17.1. The molecule has 2 aromatic heterocycles. The lowest BCUT2D eigenvalue weighted by molar-refractivity contribution is -0.140. The van der Waals surface area contributed by atoms with Crippen molar-refractivity contribution in [3.8, 4) is 11.3 Å². The molecular weight excluding hydrogens is 370 g/mol. The molecule has 2 heterocycles. The number of hydrogen-bond donors (Lipinski definition) is 0. The Morgan fingerprint density at radius 2 is 1.93 bits per heavy atom. The van der Waals surface area contributed by atoms with Gasteiger partial charge in [-0.25, -0.2) is 4.98 Å². The number of hydrogen-bond acceptors (Lipinski definition) is 6. The minimum atomic E-state index is -0.349. The summed E-state index contributed by atoms with van der Waals surface area (Å²) >= 11 is 0. The van der Waals surface area contributed by atoms with Gasteiger partial charge in [0.15, 0.2) is 0 Å².